The molecule has 2 rings (SSSR count). The number of hydrogen-bond donors (Lipinski definition) is 1. The highest BCUT2D eigenvalue weighted by Crippen LogP contribution is 2.29. The van der Waals surface area contributed by atoms with Gasteiger partial charge in [-0.2, -0.15) is 0 Å². The lowest BCUT2D eigenvalue weighted by Gasteiger charge is -2.23. The molecule has 0 aromatic heterocycles. The molecule has 0 saturated heterocycles. The van der Waals surface area contributed by atoms with Crippen LogP contribution in [0.5, 0.6) is 0 Å². The molecule has 0 unspecified atom stereocenters. The van der Waals surface area contributed by atoms with Crippen molar-refractivity contribution in [1.29, 1.82) is 0 Å². The van der Waals surface area contributed by atoms with Gasteiger partial charge in [0.05, 0.1) is 0 Å². The Balaban J connectivity index is 2.28. The van der Waals surface area contributed by atoms with Crippen LogP contribution in [0, 0.1) is 0 Å². The average Bonchev–Trinajstić information content (AvgIpc) is 2.30. The highest BCUT2D eigenvalue weighted by Gasteiger charge is 2.34. The van der Waals surface area contributed by atoms with Gasteiger partial charge < -0.3 is 5.11 Å². The van der Waals surface area contributed by atoms with Gasteiger partial charge in [0.2, 0.25) is 4.93 Å². The molecule has 0 saturated carbocycles. The molecule has 0 bridgehead atoms. The van der Waals surface area contributed by atoms with Crippen molar-refractivity contribution in [2.24, 2.45) is 0 Å². The molecule has 1 N–H and O–H groups in total. The van der Waals surface area contributed by atoms with E-state index >= 15 is 0 Å². The average molecular weight is 250 g/mol. The second-order valence-electron chi connectivity index (χ2n) is 4.18. The summed E-state index contributed by atoms with van der Waals surface area (Å²) in [5.74, 6) is 0.0122. The molecule has 0 spiro atoms. The van der Waals surface area contributed by atoms with E-state index in [2.05, 4.69) is 0 Å². The molecule has 0 aliphatic heterocycles. The number of benzene rings is 1. The van der Waals surface area contributed by atoms with Crippen molar-refractivity contribution in [2.75, 3.05) is 6.26 Å². The van der Waals surface area contributed by atoms with Gasteiger partial charge in [-0.1, -0.05) is 42.5 Å². The summed E-state index contributed by atoms with van der Waals surface area (Å²) >= 11 is 0. The number of rotatable bonds is 2. The Kier molecular flexibility index (Phi) is 2.93. The number of sulfone groups is 1. The van der Waals surface area contributed by atoms with Crippen LogP contribution in [0.3, 0.4) is 0 Å². The van der Waals surface area contributed by atoms with Gasteiger partial charge in [0.25, 0.3) is 0 Å². The van der Waals surface area contributed by atoms with Gasteiger partial charge in [0.1, 0.15) is 0 Å². The first-order valence-electron chi connectivity index (χ1n) is 5.28. The molecular formula is C13H14O3S. The summed E-state index contributed by atoms with van der Waals surface area (Å²) in [4.78, 5) is -1.86. The van der Waals surface area contributed by atoms with Crippen molar-refractivity contribution in [3.8, 4) is 0 Å². The first-order valence-corrected chi connectivity index (χ1v) is 7.17. The molecular weight excluding hydrogens is 236 g/mol. The van der Waals surface area contributed by atoms with Crippen LogP contribution in [0.25, 0.3) is 0 Å². The highest BCUT2D eigenvalue weighted by molar-refractivity contribution is 7.92. The summed E-state index contributed by atoms with van der Waals surface area (Å²) in [6, 6.07) is 9.70. The lowest BCUT2D eigenvalue weighted by molar-refractivity contribution is 0.221. The van der Waals surface area contributed by atoms with Crippen molar-refractivity contribution in [3.05, 3.63) is 60.2 Å². The quantitative estimate of drug-likeness (QED) is 0.812. The number of hydrogen-bond acceptors (Lipinski definition) is 3. The van der Waals surface area contributed by atoms with E-state index in [1.807, 2.05) is 30.3 Å². The second kappa shape index (κ2) is 4.13. The minimum atomic E-state index is -3.55. The zero-order chi connectivity index (χ0) is 12.5. The lowest BCUT2D eigenvalue weighted by atomic mass is 9.94. The van der Waals surface area contributed by atoms with Crippen LogP contribution in [0.1, 0.15) is 11.5 Å². The molecule has 4 heteroatoms. The Labute approximate surface area is 101 Å². The first kappa shape index (κ1) is 12.1. The fraction of sp³-hybridized carbons (Fsp3) is 0.231. The topological polar surface area (TPSA) is 54.4 Å². The Bertz CT molecular complexity index is 542. The van der Waals surface area contributed by atoms with Gasteiger partial charge in [-0.05, 0) is 17.7 Å². The SMILES string of the molecule is CS(=O)(=O)C1(O)C=CC(c2ccccc2)C=C1. The van der Waals surface area contributed by atoms with Gasteiger partial charge in [-0.25, -0.2) is 8.42 Å². The standard InChI is InChI=1S/C13H14O3S/c1-17(15,16)13(14)9-7-12(8-10-13)11-5-3-2-4-6-11/h2-10,12,14H,1H3. The van der Waals surface area contributed by atoms with Gasteiger partial charge in [-0.3, -0.25) is 0 Å². The van der Waals surface area contributed by atoms with Crippen molar-refractivity contribution in [3.63, 3.8) is 0 Å². The third-order valence-corrected chi connectivity index (χ3v) is 4.32. The number of allylic oxidation sites excluding steroid dienone is 2. The third-order valence-electron chi connectivity index (χ3n) is 2.86. The van der Waals surface area contributed by atoms with E-state index in [9.17, 15) is 13.5 Å². The molecule has 1 aliphatic rings. The summed E-state index contributed by atoms with van der Waals surface area (Å²) in [7, 11) is -3.55. The molecule has 3 nitrogen and oxygen atoms in total. The van der Waals surface area contributed by atoms with Crippen LogP contribution in [0.4, 0.5) is 0 Å². The normalized spacial score (nSPS) is 28.2. The molecule has 17 heavy (non-hydrogen) atoms. The number of aliphatic hydroxyl groups is 1. The Morgan fingerprint density at radius 2 is 1.65 bits per heavy atom. The maximum Gasteiger partial charge on any atom is 0.203 e. The zero-order valence-electron chi connectivity index (χ0n) is 9.45. The van der Waals surface area contributed by atoms with Crippen LogP contribution in [-0.2, 0) is 9.84 Å². The molecule has 0 amide bonds. The van der Waals surface area contributed by atoms with E-state index in [-0.39, 0.29) is 5.92 Å². The second-order valence-corrected chi connectivity index (χ2v) is 6.38. The van der Waals surface area contributed by atoms with E-state index in [4.69, 9.17) is 0 Å². The van der Waals surface area contributed by atoms with Crippen LogP contribution < -0.4 is 0 Å². The van der Waals surface area contributed by atoms with Gasteiger partial charge in [0, 0.05) is 12.2 Å². The summed E-state index contributed by atoms with van der Waals surface area (Å²) in [6.07, 6.45) is 7.09. The van der Waals surface area contributed by atoms with E-state index in [0.717, 1.165) is 11.8 Å². The Morgan fingerprint density at radius 1 is 1.12 bits per heavy atom. The highest BCUT2D eigenvalue weighted by atomic mass is 32.2. The Hall–Kier alpha value is -1.39. The molecule has 1 aromatic rings. The molecule has 90 valence electrons. The van der Waals surface area contributed by atoms with Crippen molar-refractivity contribution in [1.82, 2.24) is 0 Å². The smallest absolute Gasteiger partial charge is 0.203 e. The molecule has 0 radical (unpaired) electrons. The van der Waals surface area contributed by atoms with Crippen LogP contribution in [0.2, 0.25) is 0 Å². The predicted octanol–water partition coefficient (Wildman–Crippen LogP) is 1.63. The fourth-order valence-corrected chi connectivity index (χ4v) is 2.40. The van der Waals surface area contributed by atoms with Crippen molar-refractivity contribution in [2.45, 2.75) is 10.9 Å². The largest absolute Gasteiger partial charge is 0.368 e. The van der Waals surface area contributed by atoms with E-state index in [0.29, 0.717) is 0 Å². The van der Waals surface area contributed by atoms with E-state index in [1.165, 1.54) is 12.2 Å². The van der Waals surface area contributed by atoms with Crippen LogP contribution >= 0.6 is 0 Å². The molecule has 1 aliphatic carbocycles. The maximum atomic E-state index is 11.4. The minimum absolute atomic E-state index is 0.0122. The Morgan fingerprint density at radius 3 is 2.12 bits per heavy atom. The molecule has 1 aromatic carbocycles. The van der Waals surface area contributed by atoms with Crippen molar-refractivity contribution < 1.29 is 13.5 Å². The molecule has 0 fully saturated rings. The molecule has 0 heterocycles. The van der Waals surface area contributed by atoms with Gasteiger partial charge in [-0.15, -0.1) is 0 Å². The first-order chi connectivity index (χ1) is 7.92. The minimum Gasteiger partial charge on any atom is -0.368 e. The summed E-state index contributed by atoms with van der Waals surface area (Å²) in [5, 5.41) is 9.91. The van der Waals surface area contributed by atoms with Crippen molar-refractivity contribution >= 4 is 9.84 Å². The monoisotopic (exact) mass is 250 g/mol. The van der Waals surface area contributed by atoms with Crippen LogP contribution in [0.15, 0.2) is 54.6 Å². The van der Waals surface area contributed by atoms with Crippen LogP contribution in [-0.4, -0.2) is 24.7 Å². The lowest BCUT2D eigenvalue weighted by Crippen LogP contribution is -2.34. The molecule has 0 atom stereocenters. The third kappa shape index (κ3) is 2.33. The maximum absolute atomic E-state index is 11.4. The summed E-state index contributed by atoms with van der Waals surface area (Å²) < 4.78 is 22.8. The van der Waals surface area contributed by atoms with Gasteiger partial charge >= 0.3 is 0 Å². The summed E-state index contributed by atoms with van der Waals surface area (Å²) in [6.45, 7) is 0. The van der Waals surface area contributed by atoms with E-state index < -0.39 is 14.8 Å². The van der Waals surface area contributed by atoms with Gasteiger partial charge in [0.15, 0.2) is 9.84 Å². The fourth-order valence-electron chi connectivity index (χ4n) is 1.75. The predicted molar refractivity (Wildman–Crippen MR) is 67.3 cm³/mol. The van der Waals surface area contributed by atoms with E-state index in [1.54, 1.807) is 12.2 Å². The summed E-state index contributed by atoms with van der Waals surface area (Å²) in [5.41, 5.74) is 1.07. The zero-order valence-corrected chi connectivity index (χ0v) is 10.3.